The Balaban J connectivity index is 0.00000104. The van der Waals surface area contributed by atoms with Crippen LogP contribution in [0, 0.1) is 18.3 Å². The molecular weight excluding hydrogens is 313 g/mol. The van der Waals surface area contributed by atoms with Crippen LogP contribution in [0.1, 0.15) is 52.8 Å². The summed E-state index contributed by atoms with van der Waals surface area (Å²) in [7, 11) is 1.85. The molecule has 0 spiro atoms. The summed E-state index contributed by atoms with van der Waals surface area (Å²) in [6.07, 6.45) is 5.18. The molecule has 25 heavy (non-hydrogen) atoms. The third kappa shape index (κ3) is 5.77. The summed E-state index contributed by atoms with van der Waals surface area (Å²) in [5, 5.41) is 20.4. The number of hydrogen-bond donors (Lipinski definition) is 2. The fourth-order valence-electron chi connectivity index (χ4n) is 3.16. The molecule has 1 aromatic rings. The fraction of sp³-hybridized carbons (Fsp3) is 0.722. The van der Waals surface area contributed by atoms with E-state index in [1.165, 1.54) is 11.3 Å². The van der Waals surface area contributed by atoms with Gasteiger partial charge in [-0.15, -0.1) is 0 Å². The number of unbranched alkanes of at least 4 members (excludes halogenated alkanes) is 1. The molecule has 0 aromatic carbocycles. The first-order chi connectivity index (χ1) is 11.1. The number of aliphatic hydroxyl groups is 1. The number of carboxylic acid groups (broad SMARTS) is 1. The molecule has 6 nitrogen and oxygen atoms in total. The number of carbonyl (C=O) groups is 1. The number of nitrogens with zero attached hydrogens (tertiary/aromatic N) is 3. The average Bonchev–Trinajstić information content (AvgIpc) is 2.93. The largest absolute Gasteiger partial charge is 1.00 e. The van der Waals surface area contributed by atoms with Crippen molar-refractivity contribution >= 4 is 6.09 Å². The number of amides is 1. The summed E-state index contributed by atoms with van der Waals surface area (Å²) in [6, 6.07) is 0. The Morgan fingerprint density at radius 2 is 2.04 bits per heavy atom. The second-order valence-electron chi connectivity index (χ2n) is 7.54. The van der Waals surface area contributed by atoms with E-state index in [0.717, 1.165) is 6.42 Å². The molecule has 2 rings (SSSR count). The number of piperidine rings is 1. The molecule has 1 fully saturated rings. The SMILES string of the molecule is Cn1ccnc1C1(O)CCN(C(=O)O)CC1C(C)(C)C.[CH2-]CCC.[Li+]. The molecule has 2 atom stereocenters. The summed E-state index contributed by atoms with van der Waals surface area (Å²) in [6.45, 7) is 12.4. The number of imidazole rings is 1. The number of rotatable bonds is 2. The van der Waals surface area contributed by atoms with Crippen molar-refractivity contribution in [1.29, 1.82) is 0 Å². The van der Waals surface area contributed by atoms with Gasteiger partial charge in [-0.3, -0.25) is 0 Å². The predicted octanol–water partition coefficient (Wildman–Crippen LogP) is 0.278. The van der Waals surface area contributed by atoms with Crippen molar-refractivity contribution in [3.63, 3.8) is 0 Å². The molecule has 7 heteroatoms. The van der Waals surface area contributed by atoms with Gasteiger partial charge < -0.3 is 26.6 Å². The Labute approximate surface area is 163 Å². The van der Waals surface area contributed by atoms with Crippen LogP contribution in [0.3, 0.4) is 0 Å². The molecule has 1 aliphatic rings. The molecule has 2 heterocycles. The Morgan fingerprint density at radius 1 is 1.48 bits per heavy atom. The van der Waals surface area contributed by atoms with E-state index in [0.29, 0.717) is 25.3 Å². The van der Waals surface area contributed by atoms with Crippen LogP contribution in [0.4, 0.5) is 4.79 Å². The van der Waals surface area contributed by atoms with Crippen molar-refractivity contribution < 1.29 is 33.9 Å². The van der Waals surface area contributed by atoms with Crippen LogP contribution in [0.15, 0.2) is 12.4 Å². The van der Waals surface area contributed by atoms with Gasteiger partial charge in [-0.05, 0) is 5.41 Å². The molecule has 1 saturated heterocycles. The van der Waals surface area contributed by atoms with Crippen molar-refractivity contribution in [2.75, 3.05) is 13.1 Å². The molecule has 0 bridgehead atoms. The second kappa shape index (κ2) is 9.66. The molecule has 0 radical (unpaired) electrons. The zero-order valence-electron chi connectivity index (χ0n) is 16.6. The van der Waals surface area contributed by atoms with Crippen LogP contribution >= 0.6 is 0 Å². The first kappa shape index (κ1) is 24.0. The Morgan fingerprint density at radius 3 is 2.40 bits per heavy atom. The van der Waals surface area contributed by atoms with E-state index in [1.807, 2.05) is 32.4 Å². The molecular formula is C18H32LiN3O3. The third-order valence-electron chi connectivity index (χ3n) is 4.62. The van der Waals surface area contributed by atoms with E-state index in [4.69, 9.17) is 0 Å². The van der Waals surface area contributed by atoms with Crippen LogP contribution in [0.2, 0.25) is 0 Å². The summed E-state index contributed by atoms with van der Waals surface area (Å²) >= 11 is 0. The monoisotopic (exact) mass is 345 g/mol. The zero-order valence-corrected chi connectivity index (χ0v) is 16.6. The smallest absolute Gasteiger partial charge is 0.465 e. The van der Waals surface area contributed by atoms with Gasteiger partial charge in [0.2, 0.25) is 0 Å². The molecule has 0 aliphatic carbocycles. The normalized spacial score (nSPS) is 23.3. The van der Waals surface area contributed by atoms with Crippen LogP contribution < -0.4 is 18.9 Å². The maximum atomic E-state index is 11.2. The minimum Gasteiger partial charge on any atom is -0.465 e. The molecule has 1 aromatic heterocycles. The van der Waals surface area contributed by atoms with Gasteiger partial charge in [0.25, 0.3) is 0 Å². The molecule has 1 amide bonds. The van der Waals surface area contributed by atoms with E-state index in [1.54, 1.807) is 12.4 Å². The number of aromatic nitrogens is 2. The number of likely N-dealkylation sites (tertiary alicyclic amines) is 1. The fourth-order valence-corrected chi connectivity index (χ4v) is 3.16. The Bertz CT molecular complexity index is 540. The van der Waals surface area contributed by atoms with Crippen molar-refractivity contribution in [3.05, 3.63) is 25.1 Å². The first-order valence-corrected chi connectivity index (χ1v) is 8.55. The van der Waals surface area contributed by atoms with E-state index in [9.17, 15) is 15.0 Å². The van der Waals surface area contributed by atoms with E-state index in [2.05, 4.69) is 18.8 Å². The third-order valence-corrected chi connectivity index (χ3v) is 4.62. The maximum Gasteiger partial charge on any atom is 1.00 e. The van der Waals surface area contributed by atoms with Gasteiger partial charge in [0.05, 0.1) is 0 Å². The average molecular weight is 345 g/mol. The topological polar surface area (TPSA) is 78.6 Å². The van der Waals surface area contributed by atoms with Crippen molar-refractivity contribution in [2.45, 2.75) is 52.6 Å². The summed E-state index contributed by atoms with van der Waals surface area (Å²) in [5.74, 6) is 0.406. The minimum atomic E-state index is -1.09. The molecule has 2 N–H and O–H groups in total. The van der Waals surface area contributed by atoms with Gasteiger partial charge in [-0.1, -0.05) is 34.1 Å². The molecule has 0 saturated carbocycles. The van der Waals surface area contributed by atoms with Crippen LogP contribution in [0.25, 0.3) is 0 Å². The maximum absolute atomic E-state index is 11.2. The van der Waals surface area contributed by atoms with Crippen LogP contribution in [0.5, 0.6) is 0 Å². The number of aryl methyl sites for hydroxylation is 1. The van der Waals surface area contributed by atoms with Gasteiger partial charge in [-0.2, -0.15) is 6.42 Å². The van der Waals surface area contributed by atoms with Gasteiger partial charge >= 0.3 is 25.0 Å². The quantitative estimate of drug-likeness (QED) is 0.596. The standard InChI is InChI=1S/C14H23N3O3.C4H9.Li/c1-13(2,3)10-9-17(12(18)19)7-5-14(10,20)11-15-6-8-16(11)4;1-3-4-2;/h6,8,10,20H,5,7,9H2,1-4H3,(H,18,19);1,3-4H2,2H3;/q;-1;+1. The summed E-state index contributed by atoms with van der Waals surface area (Å²) < 4.78 is 1.81. The first-order valence-electron chi connectivity index (χ1n) is 8.55. The molecule has 138 valence electrons. The summed E-state index contributed by atoms with van der Waals surface area (Å²) in [4.78, 5) is 16.9. The van der Waals surface area contributed by atoms with Gasteiger partial charge in [-0.25, -0.2) is 9.78 Å². The second-order valence-corrected chi connectivity index (χ2v) is 7.54. The molecule has 1 aliphatic heterocycles. The van der Waals surface area contributed by atoms with Gasteiger partial charge in [0.1, 0.15) is 11.4 Å². The van der Waals surface area contributed by atoms with E-state index >= 15 is 0 Å². The van der Waals surface area contributed by atoms with Gasteiger partial charge in [0, 0.05) is 44.9 Å². The Hall–Kier alpha value is -0.963. The zero-order chi connectivity index (χ0) is 18.5. The number of hydrogen-bond acceptors (Lipinski definition) is 3. The van der Waals surface area contributed by atoms with Crippen molar-refractivity contribution in [2.24, 2.45) is 18.4 Å². The van der Waals surface area contributed by atoms with Crippen molar-refractivity contribution in [3.8, 4) is 0 Å². The van der Waals surface area contributed by atoms with E-state index < -0.39 is 11.7 Å². The van der Waals surface area contributed by atoms with Crippen molar-refractivity contribution in [1.82, 2.24) is 14.5 Å². The van der Waals surface area contributed by atoms with Gasteiger partial charge in [0.15, 0.2) is 0 Å². The van der Waals surface area contributed by atoms with Crippen LogP contribution in [-0.2, 0) is 12.6 Å². The van der Waals surface area contributed by atoms with Crippen LogP contribution in [-0.4, -0.2) is 43.8 Å². The summed E-state index contributed by atoms with van der Waals surface area (Å²) in [5.41, 5.74) is -1.32. The minimum absolute atomic E-state index is 0. The Kier molecular flexibility index (Phi) is 9.29. The predicted molar refractivity (Wildman–Crippen MR) is 94.5 cm³/mol. The molecule has 2 unspecified atom stereocenters. The van der Waals surface area contributed by atoms with E-state index in [-0.39, 0.29) is 30.2 Å².